The molecule has 6 atom stereocenters. The lowest BCUT2D eigenvalue weighted by atomic mass is 9.74. The Hall–Kier alpha value is -4.61. The van der Waals surface area contributed by atoms with Crippen LogP contribution < -0.4 is 24.8 Å². The third-order valence-electron chi connectivity index (χ3n) is 13.0. The number of pyridine rings is 1. The zero-order valence-electron chi connectivity index (χ0n) is 35.4. The molecule has 0 bridgehead atoms. The smallest absolute Gasteiger partial charge is 0.437 e. The average molecular weight is 876 g/mol. The first kappa shape index (κ1) is 44.4. The number of hydrogen-bond acceptors (Lipinski definition) is 10. The number of nitrogens with one attached hydrogen (secondary N) is 3. The van der Waals surface area contributed by atoms with E-state index in [1.807, 2.05) is 33.8 Å². The van der Waals surface area contributed by atoms with Gasteiger partial charge in [-0.15, -0.1) is 0 Å². The second-order valence-electron chi connectivity index (χ2n) is 18.5. The summed E-state index contributed by atoms with van der Waals surface area (Å²) < 4.78 is 90.2. The second kappa shape index (κ2) is 16.3. The quantitative estimate of drug-likeness (QED) is 0.256. The molecule has 2 saturated carbocycles. The van der Waals surface area contributed by atoms with Crippen molar-refractivity contribution in [3.8, 4) is 11.5 Å². The van der Waals surface area contributed by atoms with Gasteiger partial charge in [-0.25, -0.2) is 18.2 Å². The molecule has 14 nitrogen and oxygen atoms in total. The first-order valence-electron chi connectivity index (χ1n) is 21.2. The molecule has 3 N–H and O–H groups in total. The summed E-state index contributed by atoms with van der Waals surface area (Å²) in [5.41, 5.74) is -4.10. The van der Waals surface area contributed by atoms with Crippen molar-refractivity contribution in [3.63, 3.8) is 0 Å². The van der Waals surface area contributed by atoms with Gasteiger partial charge in [-0.3, -0.25) is 19.1 Å². The zero-order chi connectivity index (χ0) is 44.3. The van der Waals surface area contributed by atoms with Crippen LogP contribution in [0.5, 0.6) is 11.5 Å². The van der Waals surface area contributed by atoms with E-state index < -0.39 is 91.3 Å². The van der Waals surface area contributed by atoms with E-state index in [-0.39, 0.29) is 56.2 Å². The molecule has 0 radical (unpaired) electrons. The molecule has 4 heterocycles. The number of halogens is 3. The number of rotatable bonds is 8. The Morgan fingerprint density at radius 3 is 2.48 bits per heavy atom. The number of carbonyl (C=O) groups is 4. The minimum Gasteiger partial charge on any atom is -0.497 e. The number of hydrogen-bond donors (Lipinski definition) is 3. The number of carbonyl (C=O) groups excluding carboxylic acids is 4. The van der Waals surface area contributed by atoms with E-state index >= 15 is 13.2 Å². The number of benzene rings is 1. The van der Waals surface area contributed by atoms with Gasteiger partial charge in [0.15, 0.2) is 11.4 Å². The molecule has 3 aliphatic heterocycles. The van der Waals surface area contributed by atoms with Gasteiger partial charge in [0.2, 0.25) is 21.8 Å². The molecule has 1 saturated heterocycles. The highest BCUT2D eigenvalue weighted by Gasteiger charge is 2.64. The number of alkyl carbamates (subject to hydrolysis) is 1. The van der Waals surface area contributed by atoms with Crippen molar-refractivity contribution in [1.82, 2.24) is 25.2 Å². The van der Waals surface area contributed by atoms with Crippen molar-refractivity contribution < 1.29 is 55.0 Å². The van der Waals surface area contributed by atoms with Gasteiger partial charge in [-0.2, -0.15) is 13.2 Å². The topological polar surface area (TPSA) is 182 Å². The Bertz CT molecular complexity index is 2230. The van der Waals surface area contributed by atoms with E-state index in [1.165, 1.54) is 31.1 Å². The SMILES string of the molecule is COc1ccc2nc(C(F)(F)F)c3c(c2c1)[C@H](C(C)C)C[C@]1(C[C@H]2C(=O)N[C@]4(C(=O)NS(=O)(=O)C5(C)CC5)C[C@H]4/C=C\CCCCC[C@H](NC(=O)OCC(C)C)C(=O)N2C1)O3. The van der Waals surface area contributed by atoms with Crippen LogP contribution in [0.15, 0.2) is 30.4 Å². The molecule has 2 aromatic rings. The molecule has 7 rings (SSSR count). The van der Waals surface area contributed by atoms with Crippen LogP contribution in [0, 0.1) is 17.8 Å². The number of alkyl halides is 3. The third kappa shape index (κ3) is 8.74. The van der Waals surface area contributed by atoms with Crippen molar-refractivity contribution in [2.24, 2.45) is 17.8 Å². The maximum atomic E-state index is 15.1. The van der Waals surface area contributed by atoms with Crippen LogP contribution in [-0.2, 0) is 35.3 Å². The van der Waals surface area contributed by atoms with Crippen LogP contribution in [0.1, 0.15) is 116 Å². The summed E-state index contributed by atoms with van der Waals surface area (Å²) in [5.74, 6) is -3.88. The number of nitrogens with zero attached hydrogens (tertiary/aromatic N) is 2. The summed E-state index contributed by atoms with van der Waals surface area (Å²) in [7, 11) is -2.66. The van der Waals surface area contributed by atoms with Crippen molar-refractivity contribution in [2.45, 2.75) is 139 Å². The average Bonchev–Trinajstić information content (AvgIpc) is 4.08. The van der Waals surface area contributed by atoms with Gasteiger partial charge in [-0.05, 0) is 87.8 Å². The van der Waals surface area contributed by atoms with Gasteiger partial charge in [0.05, 0.1) is 30.5 Å². The standard InChI is InChI=1S/C43H56F3N5O9S/c1-24(2)22-59-39(55)48-31-13-11-9-7-8-10-12-26-19-42(26,38(54)50-61(56,57)40(5)16-17-40)49-36(52)32-21-41(23-51(32)37(31)53)20-29(25(3)4)33-28-18-27(58-6)14-15-30(28)47-35(34(33)60-41)43(44,45)46/h10,12,14-15,18,24-26,29,31-32H,7-9,11,13,16-17,19-23H2,1-6H3,(H,48,55)(H,49,52)(H,50,54)/b12-10-/t26-,29+,31+,32+,41-,42-/m1/s1. The Labute approximate surface area is 354 Å². The van der Waals surface area contributed by atoms with Gasteiger partial charge >= 0.3 is 12.3 Å². The van der Waals surface area contributed by atoms with Gasteiger partial charge in [0, 0.05) is 23.3 Å². The van der Waals surface area contributed by atoms with Crippen molar-refractivity contribution in [2.75, 3.05) is 20.3 Å². The number of sulfonamides is 1. The summed E-state index contributed by atoms with van der Waals surface area (Å²) >= 11 is 0. The summed E-state index contributed by atoms with van der Waals surface area (Å²) in [6.45, 7) is 8.74. The van der Waals surface area contributed by atoms with Crippen LogP contribution >= 0.6 is 0 Å². The molecule has 4 amide bonds. The van der Waals surface area contributed by atoms with Gasteiger partial charge in [0.25, 0.3) is 5.91 Å². The normalized spacial score (nSPS) is 29.3. The fraction of sp³-hybridized carbons (Fsp3) is 0.651. The number of methoxy groups -OCH3 is 1. The highest BCUT2D eigenvalue weighted by atomic mass is 32.2. The number of ether oxygens (including phenoxy) is 3. The predicted molar refractivity (Wildman–Crippen MR) is 218 cm³/mol. The van der Waals surface area contributed by atoms with Crippen LogP contribution in [0.25, 0.3) is 10.9 Å². The molecule has 0 unspecified atom stereocenters. The summed E-state index contributed by atoms with van der Waals surface area (Å²) in [4.78, 5) is 62.1. The van der Waals surface area contributed by atoms with E-state index in [0.29, 0.717) is 55.2 Å². The largest absolute Gasteiger partial charge is 0.497 e. The van der Waals surface area contributed by atoms with Crippen molar-refractivity contribution in [1.29, 1.82) is 0 Å². The number of amides is 4. The van der Waals surface area contributed by atoms with E-state index in [0.717, 1.165) is 0 Å². The predicted octanol–water partition coefficient (Wildman–Crippen LogP) is 6.27. The van der Waals surface area contributed by atoms with Gasteiger partial charge in [0.1, 0.15) is 29.0 Å². The molecule has 61 heavy (non-hydrogen) atoms. The Morgan fingerprint density at radius 1 is 1.08 bits per heavy atom. The van der Waals surface area contributed by atoms with Crippen LogP contribution in [-0.4, -0.2) is 90.3 Å². The Morgan fingerprint density at radius 2 is 1.82 bits per heavy atom. The molecule has 334 valence electrons. The van der Waals surface area contributed by atoms with Crippen molar-refractivity contribution in [3.05, 3.63) is 41.6 Å². The van der Waals surface area contributed by atoms with Gasteiger partial charge < -0.3 is 29.7 Å². The monoisotopic (exact) mass is 875 g/mol. The molecular weight excluding hydrogens is 820 g/mol. The van der Waals surface area contributed by atoms with E-state index in [2.05, 4.69) is 20.3 Å². The fourth-order valence-corrected chi connectivity index (χ4v) is 10.3. The minimum atomic E-state index is -4.95. The molecule has 1 aromatic heterocycles. The summed E-state index contributed by atoms with van der Waals surface area (Å²) in [5, 5.41) is 5.92. The number of fused-ring (bicyclic) bond motifs is 5. The van der Waals surface area contributed by atoms with Crippen LogP contribution in [0.2, 0.25) is 0 Å². The number of allylic oxidation sites excluding steroid dienone is 1. The molecule has 1 spiro atoms. The number of aromatic nitrogens is 1. The van der Waals surface area contributed by atoms with Crippen molar-refractivity contribution >= 4 is 44.7 Å². The first-order chi connectivity index (χ1) is 28.6. The highest BCUT2D eigenvalue weighted by molar-refractivity contribution is 7.91. The van der Waals surface area contributed by atoms with E-state index in [1.54, 1.807) is 12.1 Å². The first-order valence-corrected chi connectivity index (χ1v) is 22.7. The molecule has 5 aliphatic rings. The lowest BCUT2D eigenvalue weighted by Gasteiger charge is -2.42. The fourth-order valence-electron chi connectivity index (χ4n) is 9.00. The zero-order valence-corrected chi connectivity index (χ0v) is 36.3. The molecule has 1 aromatic carbocycles. The Kier molecular flexibility index (Phi) is 11.8. The third-order valence-corrected chi connectivity index (χ3v) is 15.2. The maximum absolute atomic E-state index is 15.1. The van der Waals surface area contributed by atoms with Gasteiger partial charge in [-0.1, -0.05) is 52.7 Å². The lowest BCUT2D eigenvalue weighted by Crippen LogP contribution is -2.58. The lowest BCUT2D eigenvalue weighted by molar-refractivity contribution is -0.144. The highest BCUT2D eigenvalue weighted by Crippen LogP contribution is 2.55. The van der Waals surface area contributed by atoms with Crippen LogP contribution in [0.4, 0.5) is 18.0 Å². The summed E-state index contributed by atoms with van der Waals surface area (Å²) in [6, 6.07) is 2.03. The molecule has 3 fully saturated rings. The van der Waals surface area contributed by atoms with Crippen LogP contribution in [0.3, 0.4) is 0 Å². The molecule has 18 heteroatoms. The maximum Gasteiger partial charge on any atom is 0.437 e. The molecule has 2 aliphatic carbocycles. The summed E-state index contributed by atoms with van der Waals surface area (Å²) in [6.07, 6.45) is 1.20. The second-order valence-corrected chi connectivity index (χ2v) is 20.7. The van der Waals surface area contributed by atoms with E-state index in [4.69, 9.17) is 14.2 Å². The minimum absolute atomic E-state index is 0.00126. The molecular formula is C43H56F3N5O9S. The Balaban J connectivity index is 1.31. The van der Waals surface area contributed by atoms with E-state index in [9.17, 15) is 27.6 Å².